The Hall–Kier alpha value is -3.77. The summed E-state index contributed by atoms with van der Waals surface area (Å²) in [5.41, 5.74) is -1.74. The zero-order valence-electron chi connectivity index (χ0n) is 29.5. The van der Waals surface area contributed by atoms with Gasteiger partial charge in [0.15, 0.2) is 12.3 Å². The van der Waals surface area contributed by atoms with Crippen molar-refractivity contribution in [2.75, 3.05) is 32.2 Å². The minimum atomic E-state index is -4.57. The fourth-order valence-electron chi connectivity index (χ4n) is 7.19. The molecule has 0 fully saturated rings. The Bertz CT molecular complexity index is 1990. The molecule has 0 amide bonds. The van der Waals surface area contributed by atoms with Crippen molar-refractivity contribution in [3.05, 3.63) is 89.5 Å². The number of fused-ring (bicyclic) bond motifs is 2. The van der Waals surface area contributed by atoms with Gasteiger partial charge in [-0.05, 0) is 64.0 Å². The molecule has 0 N–H and O–H groups in total. The van der Waals surface area contributed by atoms with Crippen molar-refractivity contribution >= 4 is 29.2 Å². The Labute approximate surface area is 287 Å². The number of rotatable bonds is 10. The Morgan fingerprint density at radius 1 is 0.820 bits per heavy atom. The minimum Gasteiger partial charge on any atom is -0.382 e. The predicted molar refractivity (Wildman–Crippen MR) is 182 cm³/mol. The van der Waals surface area contributed by atoms with E-state index in [4.69, 9.17) is 9.47 Å². The van der Waals surface area contributed by atoms with Crippen molar-refractivity contribution in [1.29, 1.82) is 0 Å². The summed E-state index contributed by atoms with van der Waals surface area (Å²) in [6, 6.07) is 6.56. The van der Waals surface area contributed by atoms with E-state index in [0.717, 1.165) is 24.3 Å². The van der Waals surface area contributed by atoms with Crippen LogP contribution in [0.15, 0.2) is 46.0 Å². The number of ether oxygens (including phenoxy) is 2. The van der Waals surface area contributed by atoms with Gasteiger partial charge in [-0.15, -0.1) is 0 Å². The molecule has 3 unspecified atom stereocenters. The zero-order valence-corrected chi connectivity index (χ0v) is 29.5. The van der Waals surface area contributed by atoms with Crippen molar-refractivity contribution in [2.45, 2.75) is 95.8 Å². The lowest BCUT2D eigenvalue weighted by Gasteiger charge is -2.33. The molecule has 3 aromatic rings. The third kappa shape index (κ3) is 6.56. The van der Waals surface area contributed by atoms with Crippen LogP contribution < -0.4 is 26.2 Å². The van der Waals surface area contributed by atoms with Gasteiger partial charge in [0.05, 0.1) is 45.2 Å². The van der Waals surface area contributed by atoms with E-state index in [0.29, 0.717) is 47.6 Å². The summed E-state index contributed by atoms with van der Waals surface area (Å²) >= 11 is 0. The van der Waals surface area contributed by atoms with Crippen LogP contribution in [0.1, 0.15) is 76.6 Å². The third-order valence-corrected chi connectivity index (χ3v) is 10.5. The second-order valence-corrected chi connectivity index (χ2v) is 14.4. The molecule has 0 spiro atoms. The Balaban J connectivity index is 1.65. The van der Waals surface area contributed by atoms with Crippen LogP contribution in [0.25, 0.3) is 12.2 Å². The SMILES string of the molecule is COC(C)CCN1c2cc(C(F)(F)F)ccc2C(C)(C)C1C=c1c(=O)c(=CC2=[N+](CCC(C)OC)c3cc(C(F)(F)F)ccc3C2(C)C)c1=O. The smallest absolute Gasteiger partial charge is 0.382 e. The van der Waals surface area contributed by atoms with Crippen LogP contribution in [0.3, 0.4) is 0 Å². The number of methoxy groups -OCH3 is 2. The molecular formula is C38H43F6N2O4+. The van der Waals surface area contributed by atoms with E-state index in [2.05, 4.69) is 0 Å². The van der Waals surface area contributed by atoms with Gasteiger partial charge in [-0.3, -0.25) is 9.59 Å². The van der Waals surface area contributed by atoms with Gasteiger partial charge in [-0.25, -0.2) is 0 Å². The highest BCUT2D eigenvalue weighted by Gasteiger charge is 2.47. The molecule has 2 aliphatic rings. The van der Waals surface area contributed by atoms with Crippen LogP contribution >= 0.6 is 0 Å². The first kappa shape index (κ1) is 37.5. The van der Waals surface area contributed by atoms with Gasteiger partial charge in [0.1, 0.15) is 0 Å². The second-order valence-electron chi connectivity index (χ2n) is 14.4. The summed E-state index contributed by atoms with van der Waals surface area (Å²) in [5, 5.41) is -0.170. The minimum absolute atomic E-state index is 0.0733. The van der Waals surface area contributed by atoms with Crippen molar-refractivity contribution in [1.82, 2.24) is 0 Å². The summed E-state index contributed by atoms with van der Waals surface area (Å²) in [4.78, 5) is 29.4. The third-order valence-electron chi connectivity index (χ3n) is 10.5. The van der Waals surface area contributed by atoms with Gasteiger partial charge in [0.2, 0.25) is 16.5 Å². The van der Waals surface area contributed by atoms with Crippen LogP contribution in [0, 0.1) is 0 Å². The normalized spacial score (nSPS) is 19.5. The zero-order chi connectivity index (χ0) is 37.1. The number of hydrogen-bond acceptors (Lipinski definition) is 5. The maximum atomic E-state index is 13.8. The van der Waals surface area contributed by atoms with Crippen molar-refractivity contribution < 1.29 is 40.4 Å². The average molecular weight is 706 g/mol. The molecule has 3 aromatic carbocycles. The van der Waals surface area contributed by atoms with Crippen LogP contribution in [0.4, 0.5) is 37.7 Å². The lowest BCUT2D eigenvalue weighted by molar-refractivity contribution is -0.439. The lowest BCUT2D eigenvalue weighted by atomic mass is 9.79. The van der Waals surface area contributed by atoms with Crippen LogP contribution in [-0.4, -0.2) is 55.8 Å². The summed E-state index contributed by atoms with van der Waals surface area (Å²) in [7, 11) is 3.09. The number of hydrogen-bond donors (Lipinski definition) is 0. The maximum Gasteiger partial charge on any atom is 0.416 e. The van der Waals surface area contributed by atoms with Gasteiger partial charge in [0.25, 0.3) is 0 Å². The summed E-state index contributed by atoms with van der Waals surface area (Å²) in [5.74, 6) is 0. The highest BCUT2D eigenvalue weighted by Crippen LogP contribution is 2.48. The molecule has 0 aliphatic carbocycles. The fourth-order valence-corrected chi connectivity index (χ4v) is 7.19. The van der Waals surface area contributed by atoms with E-state index < -0.39 is 51.2 Å². The topological polar surface area (TPSA) is 58.9 Å². The number of alkyl halides is 6. The first-order chi connectivity index (χ1) is 23.1. The highest BCUT2D eigenvalue weighted by atomic mass is 19.4. The second kappa shape index (κ2) is 13.1. The molecule has 0 aromatic heterocycles. The molecule has 0 bridgehead atoms. The Morgan fingerprint density at radius 3 is 1.92 bits per heavy atom. The van der Waals surface area contributed by atoms with Gasteiger partial charge >= 0.3 is 12.4 Å². The number of benzene rings is 2. The molecule has 0 radical (unpaired) electrons. The maximum absolute atomic E-state index is 13.8. The van der Waals surface area contributed by atoms with E-state index >= 15 is 0 Å². The van der Waals surface area contributed by atoms with Gasteiger partial charge < -0.3 is 14.4 Å². The summed E-state index contributed by atoms with van der Waals surface area (Å²) < 4.78 is 95.1. The molecule has 0 saturated heterocycles. The number of anilines is 1. The molecule has 3 atom stereocenters. The standard InChI is InChI=1S/C38H43F6N2O4/c1-21(49-7)13-15-45-29-17-23(37(39,40)41)9-11-27(29)35(3,4)31(45)19-25-33(47)26(34(25)48)20-32-36(5,6)28-12-10-24(38(42,43)44)18-30(28)46(32)16-14-22(2)50-8/h9-12,17-22,31H,13-16H2,1-8H3/q+1. The van der Waals surface area contributed by atoms with Crippen molar-refractivity contribution in [3.8, 4) is 0 Å². The molecular weight excluding hydrogens is 662 g/mol. The predicted octanol–water partition coefficient (Wildman–Crippen LogP) is 5.97. The van der Waals surface area contributed by atoms with Crippen molar-refractivity contribution in [3.63, 3.8) is 0 Å². The van der Waals surface area contributed by atoms with Crippen LogP contribution in [-0.2, 0) is 32.7 Å². The van der Waals surface area contributed by atoms with Crippen molar-refractivity contribution in [2.24, 2.45) is 0 Å². The monoisotopic (exact) mass is 705 g/mol. The number of nitrogens with zero attached hydrogens (tertiary/aromatic N) is 2. The molecule has 2 heterocycles. The van der Waals surface area contributed by atoms with Crippen LogP contribution in [0.5, 0.6) is 0 Å². The largest absolute Gasteiger partial charge is 0.416 e. The van der Waals surface area contributed by atoms with E-state index in [9.17, 15) is 35.9 Å². The Kier molecular flexibility index (Phi) is 9.81. The molecule has 50 heavy (non-hydrogen) atoms. The lowest BCUT2D eigenvalue weighted by Crippen LogP contribution is -2.66. The molecule has 270 valence electrons. The quantitative estimate of drug-likeness (QED) is 0.192. The first-order valence-corrected chi connectivity index (χ1v) is 16.6. The molecule has 2 aliphatic heterocycles. The highest BCUT2D eigenvalue weighted by molar-refractivity contribution is 6.15. The molecule has 5 rings (SSSR count). The van der Waals surface area contributed by atoms with Crippen LogP contribution in [0.2, 0.25) is 0 Å². The average Bonchev–Trinajstić information content (AvgIpc) is 3.39. The van der Waals surface area contributed by atoms with Gasteiger partial charge in [-0.1, -0.05) is 26.0 Å². The molecule has 0 saturated carbocycles. The van der Waals surface area contributed by atoms with E-state index in [1.165, 1.54) is 18.2 Å². The molecule has 6 nitrogen and oxygen atoms in total. The van der Waals surface area contributed by atoms with E-state index in [1.54, 1.807) is 29.8 Å². The summed E-state index contributed by atoms with van der Waals surface area (Å²) in [6.45, 7) is 11.7. The van der Waals surface area contributed by atoms with E-state index in [1.807, 2.05) is 41.5 Å². The Morgan fingerprint density at radius 2 is 1.36 bits per heavy atom. The molecule has 12 heteroatoms. The fraction of sp³-hybridized carbons (Fsp3) is 0.500. The number of halogens is 6. The van der Waals surface area contributed by atoms with E-state index in [-0.39, 0.29) is 29.2 Å². The summed E-state index contributed by atoms with van der Waals surface area (Å²) in [6.07, 6.45) is -5.54. The first-order valence-electron chi connectivity index (χ1n) is 16.6. The van der Waals surface area contributed by atoms with Gasteiger partial charge in [0, 0.05) is 56.0 Å². The van der Waals surface area contributed by atoms with Gasteiger partial charge in [-0.2, -0.15) is 30.9 Å².